The Morgan fingerprint density at radius 1 is 1.19 bits per heavy atom. The van der Waals surface area contributed by atoms with Crippen LogP contribution in [0.1, 0.15) is 38.7 Å². The molecule has 0 heterocycles. The van der Waals surface area contributed by atoms with E-state index in [2.05, 4.69) is 22.5 Å². The highest BCUT2D eigenvalue weighted by Gasteiger charge is 2.07. The number of benzene rings is 1. The second kappa shape index (κ2) is 14.2. The van der Waals surface area contributed by atoms with Crippen molar-refractivity contribution in [1.82, 2.24) is 10.6 Å². The SMILES string of the molecule is CCCCOCCCNC(=NCc1cccc(S(N)(=O)=O)c1)NCC.I. The first-order valence-electron chi connectivity index (χ1n) is 8.69. The first-order valence-corrected chi connectivity index (χ1v) is 10.2. The van der Waals surface area contributed by atoms with E-state index in [1.165, 1.54) is 6.07 Å². The van der Waals surface area contributed by atoms with Gasteiger partial charge in [0.25, 0.3) is 0 Å². The monoisotopic (exact) mass is 498 g/mol. The highest BCUT2D eigenvalue weighted by Crippen LogP contribution is 2.10. The van der Waals surface area contributed by atoms with Crippen LogP contribution < -0.4 is 15.8 Å². The number of unbranched alkanes of at least 4 members (excludes halogenated alkanes) is 1. The van der Waals surface area contributed by atoms with Gasteiger partial charge >= 0.3 is 0 Å². The summed E-state index contributed by atoms with van der Waals surface area (Å²) in [6.07, 6.45) is 3.13. The molecule has 0 aliphatic rings. The molecule has 0 atom stereocenters. The minimum absolute atomic E-state index is 0. The van der Waals surface area contributed by atoms with Crippen molar-refractivity contribution in [3.63, 3.8) is 0 Å². The van der Waals surface area contributed by atoms with Gasteiger partial charge in [0.15, 0.2) is 5.96 Å². The molecule has 4 N–H and O–H groups in total. The molecule has 0 aliphatic heterocycles. The summed E-state index contributed by atoms with van der Waals surface area (Å²) < 4.78 is 28.3. The molecule has 0 saturated heterocycles. The average molecular weight is 498 g/mol. The maximum Gasteiger partial charge on any atom is 0.238 e. The number of primary sulfonamides is 1. The molecule has 0 amide bonds. The Morgan fingerprint density at radius 2 is 1.92 bits per heavy atom. The normalized spacial score (nSPS) is 11.7. The van der Waals surface area contributed by atoms with Gasteiger partial charge in [-0.15, -0.1) is 24.0 Å². The van der Waals surface area contributed by atoms with Gasteiger partial charge in [0.05, 0.1) is 11.4 Å². The quantitative estimate of drug-likeness (QED) is 0.188. The van der Waals surface area contributed by atoms with E-state index in [9.17, 15) is 8.42 Å². The van der Waals surface area contributed by atoms with E-state index in [0.29, 0.717) is 12.5 Å². The van der Waals surface area contributed by atoms with Crippen molar-refractivity contribution in [2.75, 3.05) is 26.3 Å². The fourth-order valence-corrected chi connectivity index (χ4v) is 2.65. The van der Waals surface area contributed by atoms with Crippen LogP contribution >= 0.6 is 24.0 Å². The third kappa shape index (κ3) is 10.9. The van der Waals surface area contributed by atoms with Crippen LogP contribution in [0.15, 0.2) is 34.2 Å². The number of sulfonamides is 1. The van der Waals surface area contributed by atoms with Gasteiger partial charge in [-0.1, -0.05) is 25.5 Å². The summed E-state index contributed by atoms with van der Waals surface area (Å²) in [5.41, 5.74) is 0.784. The molecule has 0 radical (unpaired) electrons. The van der Waals surface area contributed by atoms with E-state index in [0.717, 1.165) is 51.1 Å². The Kier molecular flexibility index (Phi) is 13.7. The molecule has 0 unspecified atom stereocenters. The average Bonchev–Trinajstić information content (AvgIpc) is 2.58. The van der Waals surface area contributed by atoms with E-state index >= 15 is 0 Å². The van der Waals surface area contributed by atoms with Gasteiger partial charge in [-0.05, 0) is 37.5 Å². The Hall–Kier alpha value is -0.910. The summed E-state index contributed by atoms with van der Waals surface area (Å²) in [6.45, 7) is 7.54. The number of aliphatic imine (C=N–C) groups is 1. The van der Waals surface area contributed by atoms with Gasteiger partial charge in [-0.3, -0.25) is 0 Å². The predicted octanol–water partition coefficient (Wildman–Crippen LogP) is 2.21. The predicted molar refractivity (Wildman–Crippen MR) is 116 cm³/mol. The summed E-state index contributed by atoms with van der Waals surface area (Å²) in [5.74, 6) is 0.692. The highest BCUT2D eigenvalue weighted by atomic mass is 127. The van der Waals surface area contributed by atoms with Crippen molar-refractivity contribution in [3.8, 4) is 0 Å². The van der Waals surface area contributed by atoms with Crippen molar-refractivity contribution < 1.29 is 13.2 Å². The zero-order valence-electron chi connectivity index (χ0n) is 15.5. The lowest BCUT2D eigenvalue weighted by atomic mass is 10.2. The Morgan fingerprint density at radius 3 is 2.58 bits per heavy atom. The molecule has 150 valence electrons. The van der Waals surface area contributed by atoms with Crippen molar-refractivity contribution in [1.29, 1.82) is 0 Å². The van der Waals surface area contributed by atoms with E-state index < -0.39 is 10.0 Å². The molecule has 0 aliphatic carbocycles. The van der Waals surface area contributed by atoms with E-state index in [1.54, 1.807) is 12.1 Å². The van der Waals surface area contributed by atoms with Crippen LogP contribution in [-0.4, -0.2) is 40.7 Å². The lowest BCUT2D eigenvalue weighted by Crippen LogP contribution is -2.38. The molecule has 7 nitrogen and oxygen atoms in total. The second-order valence-electron chi connectivity index (χ2n) is 5.63. The summed E-state index contributed by atoms with van der Waals surface area (Å²) in [6, 6.07) is 6.51. The summed E-state index contributed by atoms with van der Waals surface area (Å²) >= 11 is 0. The van der Waals surface area contributed by atoms with Crippen molar-refractivity contribution in [2.24, 2.45) is 10.1 Å². The largest absolute Gasteiger partial charge is 0.381 e. The molecule has 1 aromatic carbocycles. The first kappa shape index (κ1) is 25.1. The maximum absolute atomic E-state index is 11.4. The molecule has 0 saturated carbocycles. The maximum atomic E-state index is 11.4. The van der Waals surface area contributed by atoms with Crippen molar-refractivity contribution >= 4 is 40.0 Å². The van der Waals surface area contributed by atoms with Gasteiger partial charge in [0, 0.05) is 26.3 Å². The number of hydrogen-bond donors (Lipinski definition) is 3. The number of guanidine groups is 1. The molecule has 1 rings (SSSR count). The molecule has 1 aromatic rings. The van der Waals surface area contributed by atoms with Gasteiger partial charge in [0.1, 0.15) is 0 Å². The summed E-state index contributed by atoms with van der Waals surface area (Å²) in [4.78, 5) is 4.57. The highest BCUT2D eigenvalue weighted by molar-refractivity contribution is 14.0. The van der Waals surface area contributed by atoms with Crippen LogP contribution in [-0.2, 0) is 21.3 Å². The number of nitrogens with zero attached hydrogens (tertiary/aromatic N) is 1. The first-order chi connectivity index (χ1) is 12.0. The summed E-state index contributed by atoms with van der Waals surface area (Å²) in [5, 5.41) is 11.6. The van der Waals surface area contributed by atoms with Crippen LogP contribution in [0.5, 0.6) is 0 Å². The number of hydrogen-bond acceptors (Lipinski definition) is 4. The topological polar surface area (TPSA) is 106 Å². The van der Waals surface area contributed by atoms with Crippen LogP contribution in [0.2, 0.25) is 0 Å². The number of ether oxygens (including phenoxy) is 1. The Bertz CT molecular complexity index is 639. The fraction of sp³-hybridized carbons (Fsp3) is 0.588. The van der Waals surface area contributed by atoms with Crippen molar-refractivity contribution in [3.05, 3.63) is 29.8 Å². The Labute approximate surface area is 174 Å². The third-order valence-corrected chi connectivity index (χ3v) is 4.30. The van der Waals surface area contributed by atoms with Crippen LogP contribution in [0.3, 0.4) is 0 Å². The molecule has 0 bridgehead atoms. The zero-order chi connectivity index (χ0) is 18.5. The number of rotatable bonds is 11. The van der Waals surface area contributed by atoms with Crippen LogP contribution in [0.25, 0.3) is 0 Å². The van der Waals surface area contributed by atoms with Gasteiger partial charge < -0.3 is 15.4 Å². The third-order valence-electron chi connectivity index (χ3n) is 3.39. The van der Waals surface area contributed by atoms with Gasteiger partial charge in [-0.25, -0.2) is 18.5 Å². The molecule has 0 aromatic heterocycles. The number of halogens is 1. The van der Waals surface area contributed by atoms with E-state index in [4.69, 9.17) is 9.88 Å². The van der Waals surface area contributed by atoms with E-state index in [1.807, 2.05) is 13.0 Å². The fourth-order valence-electron chi connectivity index (χ4n) is 2.06. The van der Waals surface area contributed by atoms with Crippen LogP contribution in [0.4, 0.5) is 0 Å². The van der Waals surface area contributed by atoms with E-state index in [-0.39, 0.29) is 28.9 Å². The van der Waals surface area contributed by atoms with Crippen molar-refractivity contribution in [2.45, 2.75) is 44.6 Å². The molecular formula is C17H31IN4O3S. The number of nitrogens with two attached hydrogens (primary N) is 1. The van der Waals surface area contributed by atoms with Gasteiger partial charge in [0.2, 0.25) is 10.0 Å². The minimum atomic E-state index is -3.70. The van der Waals surface area contributed by atoms with Crippen LogP contribution in [0, 0.1) is 0 Å². The molecular weight excluding hydrogens is 467 g/mol. The molecule has 0 spiro atoms. The molecule has 9 heteroatoms. The minimum Gasteiger partial charge on any atom is -0.381 e. The summed E-state index contributed by atoms with van der Waals surface area (Å²) in [7, 11) is -3.70. The van der Waals surface area contributed by atoms with Gasteiger partial charge in [-0.2, -0.15) is 0 Å². The Balaban J connectivity index is 0.00000625. The molecule has 26 heavy (non-hydrogen) atoms. The molecule has 0 fully saturated rings. The smallest absolute Gasteiger partial charge is 0.238 e. The zero-order valence-corrected chi connectivity index (χ0v) is 18.7. The standard InChI is InChI=1S/C17H30N4O3S.HI/c1-3-5-11-24-12-7-10-20-17(19-4-2)21-14-15-8-6-9-16(13-15)25(18,22)23;/h6,8-9,13H,3-5,7,10-12,14H2,1-2H3,(H2,18,22,23)(H2,19,20,21);1H. The second-order valence-corrected chi connectivity index (χ2v) is 7.20. The lowest BCUT2D eigenvalue weighted by Gasteiger charge is -2.11. The number of nitrogens with one attached hydrogen (secondary N) is 2. The lowest BCUT2D eigenvalue weighted by molar-refractivity contribution is 0.129.